The fourth-order valence-corrected chi connectivity index (χ4v) is 2.64. The largest absolute Gasteiger partial charge is 0.478 e. The summed E-state index contributed by atoms with van der Waals surface area (Å²) >= 11 is 18.0. The Balaban J connectivity index is 2.88. The highest BCUT2D eigenvalue weighted by atomic mass is 35.5. The van der Waals surface area contributed by atoms with Gasteiger partial charge in [-0.05, 0) is 18.6 Å². The number of halogens is 3. The average Bonchev–Trinajstić information content (AvgIpc) is 2.54. The lowest BCUT2D eigenvalue weighted by atomic mass is 10.2. The second kappa shape index (κ2) is 5.00. The zero-order chi connectivity index (χ0) is 13.4. The summed E-state index contributed by atoms with van der Waals surface area (Å²) in [6.45, 7) is 2.61. The fourth-order valence-electron chi connectivity index (χ4n) is 1.96. The van der Waals surface area contributed by atoms with Crippen LogP contribution in [-0.2, 0) is 6.54 Å². The van der Waals surface area contributed by atoms with Crippen molar-refractivity contribution >= 4 is 51.7 Å². The number of carbonyl (C=O) groups is 1. The van der Waals surface area contributed by atoms with Crippen molar-refractivity contribution in [3.8, 4) is 0 Å². The number of nitrogens with zero attached hydrogens (tertiary/aromatic N) is 1. The molecule has 1 aromatic carbocycles. The van der Waals surface area contributed by atoms with Crippen LogP contribution in [0.2, 0.25) is 15.2 Å². The van der Waals surface area contributed by atoms with Gasteiger partial charge < -0.3 is 9.67 Å². The zero-order valence-corrected chi connectivity index (χ0v) is 11.8. The van der Waals surface area contributed by atoms with Crippen molar-refractivity contribution in [1.82, 2.24) is 4.57 Å². The minimum absolute atomic E-state index is 0.0682. The van der Waals surface area contributed by atoms with E-state index in [1.54, 1.807) is 16.7 Å². The maximum Gasteiger partial charge on any atom is 0.339 e. The molecule has 0 radical (unpaired) electrons. The van der Waals surface area contributed by atoms with E-state index in [9.17, 15) is 9.90 Å². The number of rotatable bonds is 3. The van der Waals surface area contributed by atoms with E-state index in [1.165, 1.54) is 0 Å². The van der Waals surface area contributed by atoms with Crippen LogP contribution >= 0.6 is 34.8 Å². The number of aromatic carboxylic acids is 1. The van der Waals surface area contributed by atoms with E-state index in [0.717, 1.165) is 6.42 Å². The number of hydrogen-bond acceptors (Lipinski definition) is 1. The van der Waals surface area contributed by atoms with Gasteiger partial charge in [-0.1, -0.05) is 41.7 Å². The van der Waals surface area contributed by atoms with E-state index < -0.39 is 5.97 Å². The molecule has 0 saturated carbocycles. The van der Waals surface area contributed by atoms with E-state index in [0.29, 0.717) is 27.5 Å². The molecule has 3 nitrogen and oxygen atoms in total. The number of aryl methyl sites for hydroxylation is 1. The quantitative estimate of drug-likeness (QED) is 0.892. The van der Waals surface area contributed by atoms with Gasteiger partial charge in [0.2, 0.25) is 0 Å². The van der Waals surface area contributed by atoms with Crippen molar-refractivity contribution in [1.29, 1.82) is 0 Å². The Morgan fingerprint density at radius 3 is 2.44 bits per heavy atom. The molecule has 1 heterocycles. The number of carboxylic acids is 1. The molecule has 6 heteroatoms. The Morgan fingerprint density at radius 1 is 1.28 bits per heavy atom. The van der Waals surface area contributed by atoms with Crippen molar-refractivity contribution in [2.45, 2.75) is 19.9 Å². The second-order valence-corrected chi connectivity index (χ2v) is 5.08. The number of aromatic nitrogens is 1. The number of hydrogen-bond donors (Lipinski definition) is 1. The van der Waals surface area contributed by atoms with Gasteiger partial charge in [-0.3, -0.25) is 0 Å². The normalized spacial score (nSPS) is 11.1. The van der Waals surface area contributed by atoms with Gasteiger partial charge in [0.15, 0.2) is 0 Å². The monoisotopic (exact) mass is 305 g/mol. The van der Waals surface area contributed by atoms with Crippen LogP contribution in [0.3, 0.4) is 0 Å². The molecule has 0 bridgehead atoms. The molecule has 0 fully saturated rings. The molecule has 0 aliphatic carbocycles. The van der Waals surface area contributed by atoms with Gasteiger partial charge in [0, 0.05) is 11.9 Å². The maximum atomic E-state index is 11.3. The smallest absolute Gasteiger partial charge is 0.339 e. The first-order valence-corrected chi connectivity index (χ1v) is 6.50. The predicted octanol–water partition coefficient (Wildman–Crippen LogP) is 4.71. The van der Waals surface area contributed by atoms with Gasteiger partial charge in [-0.25, -0.2) is 4.79 Å². The van der Waals surface area contributed by atoms with Crippen LogP contribution in [0.5, 0.6) is 0 Å². The summed E-state index contributed by atoms with van der Waals surface area (Å²) in [5.74, 6) is -1.07. The average molecular weight is 307 g/mol. The summed E-state index contributed by atoms with van der Waals surface area (Å²) in [6.07, 6.45) is 0.836. The van der Waals surface area contributed by atoms with Crippen molar-refractivity contribution in [3.63, 3.8) is 0 Å². The van der Waals surface area contributed by atoms with E-state index in [4.69, 9.17) is 34.8 Å². The van der Waals surface area contributed by atoms with Gasteiger partial charge >= 0.3 is 5.97 Å². The highest BCUT2D eigenvalue weighted by Gasteiger charge is 2.21. The first-order chi connectivity index (χ1) is 8.47. The minimum atomic E-state index is -1.07. The summed E-state index contributed by atoms with van der Waals surface area (Å²) < 4.78 is 1.74. The van der Waals surface area contributed by atoms with Gasteiger partial charge in [0.1, 0.15) is 10.7 Å². The van der Waals surface area contributed by atoms with Crippen LogP contribution in [0.4, 0.5) is 0 Å². The Hall–Kier alpha value is -0.900. The Kier molecular flexibility index (Phi) is 3.76. The van der Waals surface area contributed by atoms with Crippen LogP contribution < -0.4 is 0 Å². The molecule has 1 N–H and O–H groups in total. The van der Waals surface area contributed by atoms with Crippen molar-refractivity contribution in [2.24, 2.45) is 0 Å². The lowest BCUT2D eigenvalue weighted by Crippen LogP contribution is -1.99. The summed E-state index contributed by atoms with van der Waals surface area (Å²) in [7, 11) is 0. The molecule has 96 valence electrons. The van der Waals surface area contributed by atoms with Crippen LogP contribution in [-0.4, -0.2) is 15.6 Å². The molecule has 0 saturated heterocycles. The van der Waals surface area contributed by atoms with Crippen molar-refractivity contribution in [2.75, 3.05) is 0 Å². The molecule has 0 unspecified atom stereocenters. The summed E-state index contributed by atoms with van der Waals surface area (Å²) in [5, 5.41) is 10.6. The van der Waals surface area contributed by atoms with Crippen LogP contribution in [0.1, 0.15) is 23.7 Å². The molecule has 2 rings (SSSR count). The number of benzene rings is 1. The van der Waals surface area contributed by atoms with E-state index >= 15 is 0 Å². The molecule has 0 spiro atoms. The van der Waals surface area contributed by atoms with Gasteiger partial charge in [0.25, 0.3) is 0 Å². The number of fused-ring (bicyclic) bond motifs is 1. The highest BCUT2D eigenvalue weighted by molar-refractivity contribution is 6.43. The van der Waals surface area contributed by atoms with E-state index in [-0.39, 0.29) is 10.7 Å². The van der Waals surface area contributed by atoms with Gasteiger partial charge in [0.05, 0.1) is 15.6 Å². The van der Waals surface area contributed by atoms with E-state index in [2.05, 4.69) is 0 Å². The Bertz CT molecular complexity index is 634. The first-order valence-electron chi connectivity index (χ1n) is 5.37. The zero-order valence-electron chi connectivity index (χ0n) is 9.51. The first kappa shape index (κ1) is 13.5. The molecular weight excluding hydrogens is 296 g/mol. The Labute approximate surface area is 119 Å². The molecule has 0 aliphatic heterocycles. The lowest BCUT2D eigenvalue weighted by molar-refractivity contribution is 0.0699. The molecule has 2 aromatic rings. The second-order valence-electron chi connectivity index (χ2n) is 3.91. The van der Waals surface area contributed by atoms with Crippen molar-refractivity contribution in [3.05, 3.63) is 32.9 Å². The minimum Gasteiger partial charge on any atom is -0.478 e. The van der Waals surface area contributed by atoms with Crippen molar-refractivity contribution < 1.29 is 9.90 Å². The topological polar surface area (TPSA) is 42.2 Å². The molecule has 0 amide bonds. The van der Waals surface area contributed by atoms with Gasteiger partial charge in [-0.2, -0.15) is 0 Å². The summed E-state index contributed by atoms with van der Waals surface area (Å²) in [6, 6.07) is 3.19. The number of carboxylic acid groups (broad SMARTS) is 1. The molecule has 18 heavy (non-hydrogen) atoms. The summed E-state index contributed by atoms with van der Waals surface area (Å²) in [5.41, 5.74) is 0.757. The van der Waals surface area contributed by atoms with Crippen LogP contribution in [0.25, 0.3) is 10.9 Å². The highest BCUT2D eigenvalue weighted by Crippen LogP contribution is 2.35. The van der Waals surface area contributed by atoms with E-state index in [1.807, 2.05) is 6.92 Å². The lowest BCUT2D eigenvalue weighted by Gasteiger charge is -2.05. The fraction of sp³-hybridized carbons (Fsp3) is 0.250. The standard InChI is InChI=1S/C12H10Cl3NO2/c1-2-3-16-9-5-8(14)7(13)4-6(9)10(11(16)15)12(17)18/h4-5H,2-3H2,1H3,(H,17,18). The van der Waals surface area contributed by atoms with Gasteiger partial charge in [-0.15, -0.1) is 0 Å². The predicted molar refractivity (Wildman–Crippen MR) is 74.2 cm³/mol. The third kappa shape index (κ3) is 2.07. The maximum absolute atomic E-state index is 11.3. The molecule has 1 aromatic heterocycles. The van der Waals surface area contributed by atoms with Crippen LogP contribution in [0.15, 0.2) is 12.1 Å². The Morgan fingerprint density at radius 2 is 1.89 bits per heavy atom. The van der Waals surface area contributed by atoms with Crippen LogP contribution in [0, 0.1) is 0 Å². The SMILES string of the molecule is CCCn1c(Cl)c(C(=O)O)c2cc(Cl)c(Cl)cc21. The molecular formula is C12H10Cl3NO2. The molecule has 0 aliphatic rings. The third-order valence-electron chi connectivity index (χ3n) is 2.70. The summed E-state index contributed by atoms with van der Waals surface area (Å²) in [4.78, 5) is 11.3. The third-order valence-corrected chi connectivity index (χ3v) is 3.82. The molecule has 0 atom stereocenters.